The van der Waals surface area contributed by atoms with E-state index in [1.165, 1.54) is 4.70 Å². The molecular weight excluding hydrogens is 304 g/mol. The summed E-state index contributed by atoms with van der Waals surface area (Å²) >= 11 is 7.46. The monoisotopic (exact) mass is 322 g/mol. The lowest BCUT2D eigenvalue weighted by atomic mass is 10.1. The number of hydrogen-bond donors (Lipinski definition) is 0. The highest BCUT2D eigenvalue weighted by Crippen LogP contribution is 2.26. The first-order valence-electron chi connectivity index (χ1n) is 7.33. The molecule has 1 aromatic heterocycles. The molecule has 112 valence electrons. The van der Waals surface area contributed by atoms with Gasteiger partial charge in [-0.1, -0.05) is 18.2 Å². The molecule has 2 aromatic rings. The van der Waals surface area contributed by atoms with Gasteiger partial charge in [0.25, 0.3) is 5.91 Å². The molecule has 1 saturated heterocycles. The molecule has 1 aliphatic heterocycles. The van der Waals surface area contributed by atoms with Crippen molar-refractivity contribution in [3.63, 3.8) is 0 Å². The molecule has 5 heteroatoms. The van der Waals surface area contributed by atoms with Crippen molar-refractivity contribution in [1.82, 2.24) is 9.80 Å². The number of carbonyl (C=O) groups excluding carboxylic acids is 1. The fourth-order valence-electron chi connectivity index (χ4n) is 2.83. The van der Waals surface area contributed by atoms with E-state index in [2.05, 4.69) is 11.0 Å². The van der Waals surface area contributed by atoms with Gasteiger partial charge in [-0.2, -0.15) is 0 Å². The van der Waals surface area contributed by atoms with Crippen molar-refractivity contribution in [3.8, 4) is 0 Å². The Morgan fingerprint density at radius 1 is 1.19 bits per heavy atom. The third kappa shape index (κ3) is 3.23. The summed E-state index contributed by atoms with van der Waals surface area (Å²) in [5.41, 5.74) is 0.849. The molecule has 0 N–H and O–H groups in total. The minimum Gasteiger partial charge on any atom is -0.337 e. The molecule has 0 spiro atoms. The number of halogens is 1. The van der Waals surface area contributed by atoms with Crippen molar-refractivity contribution < 1.29 is 4.79 Å². The Hall–Kier alpha value is -1.10. The average molecular weight is 323 g/mol. The van der Waals surface area contributed by atoms with E-state index in [4.69, 9.17) is 11.6 Å². The van der Waals surface area contributed by atoms with Gasteiger partial charge in [-0.3, -0.25) is 4.79 Å². The Labute approximate surface area is 134 Å². The smallest absolute Gasteiger partial charge is 0.255 e. The number of nitrogens with zero attached hydrogens (tertiary/aromatic N) is 2. The molecule has 0 radical (unpaired) electrons. The lowest BCUT2D eigenvalue weighted by Crippen LogP contribution is -2.35. The lowest BCUT2D eigenvalue weighted by Gasteiger charge is -2.21. The SMILES string of the molecule is O=C(c1csc2ccccc12)N1CCCN(CCCl)CC1. The summed E-state index contributed by atoms with van der Waals surface area (Å²) in [5, 5.41) is 3.07. The predicted molar refractivity (Wildman–Crippen MR) is 89.5 cm³/mol. The van der Waals surface area contributed by atoms with Crippen LogP contribution < -0.4 is 0 Å². The summed E-state index contributed by atoms with van der Waals surface area (Å²) < 4.78 is 1.18. The zero-order valence-corrected chi connectivity index (χ0v) is 13.5. The van der Waals surface area contributed by atoms with Gasteiger partial charge < -0.3 is 9.80 Å². The fourth-order valence-corrected chi connectivity index (χ4v) is 4.00. The Morgan fingerprint density at radius 2 is 2.05 bits per heavy atom. The maximum absolute atomic E-state index is 12.8. The zero-order valence-electron chi connectivity index (χ0n) is 11.9. The maximum atomic E-state index is 12.8. The van der Waals surface area contributed by atoms with Crippen LogP contribution in [0, 0.1) is 0 Å². The number of fused-ring (bicyclic) bond motifs is 1. The molecule has 0 unspecified atom stereocenters. The van der Waals surface area contributed by atoms with E-state index in [1.807, 2.05) is 28.5 Å². The highest BCUT2D eigenvalue weighted by atomic mass is 35.5. The average Bonchev–Trinajstić information content (AvgIpc) is 2.80. The van der Waals surface area contributed by atoms with Crippen LogP contribution in [0.15, 0.2) is 29.6 Å². The van der Waals surface area contributed by atoms with Crippen molar-refractivity contribution in [1.29, 1.82) is 0 Å². The van der Waals surface area contributed by atoms with Crippen LogP contribution in [0.5, 0.6) is 0 Å². The van der Waals surface area contributed by atoms with Crippen molar-refractivity contribution in [2.45, 2.75) is 6.42 Å². The first kappa shape index (κ1) is 14.8. The molecule has 0 saturated carbocycles. The molecule has 0 aliphatic carbocycles. The summed E-state index contributed by atoms with van der Waals surface area (Å²) in [6.07, 6.45) is 1.02. The highest BCUT2D eigenvalue weighted by molar-refractivity contribution is 7.17. The fraction of sp³-hybridized carbons (Fsp3) is 0.438. The number of amides is 1. The van der Waals surface area contributed by atoms with Gasteiger partial charge in [0, 0.05) is 47.5 Å². The van der Waals surface area contributed by atoms with Crippen LogP contribution in [0.3, 0.4) is 0 Å². The van der Waals surface area contributed by atoms with Gasteiger partial charge >= 0.3 is 0 Å². The van der Waals surface area contributed by atoms with E-state index in [1.54, 1.807) is 11.3 Å². The van der Waals surface area contributed by atoms with E-state index in [9.17, 15) is 4.79 Å². The molecular formula is C16H19ClN2OS. The van der Waals surface area contributed by atoms with Gasteiger partial charge in [0.1, 0.15) is 0 Å². The summed E-state index contributed by atoms with van der Waals surface area (Å²) in [4.78, 5) is 17.1. The summed E-state index contributed by atoms with van der Waals surface area (Å²) in [6.45, 7) is 4.48. The zero-order chi connectivity index (χ0) is 14.7. The lowest BCUT2D eigenvalue weighted by molar-refractivity contribution is 0.0764. The van der Waals surface area contributed by atoms with Crippen LogP contribution in [0.2, 0.25) is 0 Å². The number of hydrogen-bond acceptors (Lipinski definition) is 3. The molecule has 2 heterocycles. The number of rotatable bonds is 3. The van der Waals surface area contributed by atoms with E-state index < -0.39 is 0 Å². The molecule has 3 nitrogen and oxygen atoms in total. The topological polar surface area (TPSA) is 23.6 Å². The van der Waals surface area contributed by atoms with Crippen LogP contribution in [0.1, 0.15) is 16.8 Å². The van der Waals surface area contributed by atoms with Crippen LogP contribution >= 0.6 is 22.9 Å². The Kier molecular flexibility index (Phi) is 4.78. The Balaban J connectivity index is 1.76. The Bertz CT molecular complexity index is 628. The maximum Gasteiger partial charge on any atom is 0.255 e. The summed E-state index contributed by atoms with van der Waals surface area (Å²) in [6, 6.07) is 8.12. The molecule has 0 atom stereocenters. The second-order valence-electron chi connectivity index (χ2n) is 5.32. The van der Waals surface area contributed by atoms with Gasteiger partial charge in [0.15, 0.2) is 0 Å². The largest absolute Gasteiger partial charge is 0.337 e. The predicted octanol–water partition coefficient (Wildman–Crippen LogP) is 3.29. The molecule has 21 heavy (non-hydrogen) atoms. The third-order valence-corrected chi connectivity index (χ3v) is 5.12. The minimum absolute atomic E-state index is 0.167. The van der Waals surface area contributed by atoms with Crippen LogP contribution in [0.25, 0.3) is 10.1 Å². The Morgan fingerprint density at radius 3 is 2.90 bits per heavy atom. The van der Waals surface area contributed by atoms with E-state index >= 15 is 0 Å². The van der Waals surface area contributed by atoms with Crippen molar-refractivity contribution in [2.24, 2.45) is 0 Å². The second kappa shape index (κ2) is 6.77. The van der Waals surface area contributed by atoms with Crippen molar-refractivity contribution in [2.75, 3.05) is 38.6 Å². The first-order chi connectivity index (χ1) is 10.3. The quantitative estimate of drug-likeness (QED) is 0.810. The van der Waals surface area contributed by atoms with Gasteiger partial charge in [-0.05, 0) is 19.0 Å². The van der Waals surface area contributed by atoms with E-state index in [-0.39, 0.29) is 5.91 Å². The van der Waals surface area contributed by atoms with Gasteiger partial charge in [0.2, 0.25) is 0 Å². The standard InChI is InChI=1S/C16H19ClN2OS/c17-6-9-18-7-3-8-19(11-10-18)16(20)14-12-21-15-5-2-1-4-13(14)15/h1-2,4-5,12H,3,6-11H2. The molecule has 1 aromatic carbocycles. The summed E-state index contributed by atoms with van der Waals surface area (Å²) in [7, 11) is 0. The number of alkyl halides is 1. The van der Waals surface area contributed by atoms with E-state index in [0.29, 0.717) is 5.88 Å². The first-order valence-corrected chi connectivity index (χ1v) is 8.75. The van der Waals surface area contributed by atoms with Crippen LogP contribution in [-0.4, -0.2) is 54.3 Å². The van der Waals surface area contributed by atoms with Gasteiger partial charge in [-0.25, -0.2) is 0 Å². The second-order valence-corrected chi connectivity index (χ2v) is 6.61. The summed E-state index contributed by atoms with van der Waals surface area (Å²) in [5.74, 6) is 0.823. The highest BCUT2D eigenvalue weighted by Gasteiger charge is 2.22. The van der Waals surface area contributed by atoms with Crippen molar-refractivity contribution in [3.05, 3.63) is 35.2 Å². The van der Waals surface area contributed by atoms with Crippen LogP contribution in [-0.2, 0) is 0 Å². The minimum atomic E-state index is 0.167. The molecule has 3 rings (SSSR count). The van der Waals surface area contributed by atoms with Crippen molar-refractivity contribution >= 4 is 38.9 Å². The van der Waals surface area contributed by atoms with Gasteiger partial charge in [0.05, 0.1) is 5.56 Å². The normalized spacial score (nSPS) is 17.1. The molecule has 1 fully saturated rings. The molecule has 1 amide bonds. The third-order valence-electron chi connectivity index (χ3n) is 3.99. The molecule has 1 aliphatic rings. The van der Waals surface area contributed by atoms with Gasteiger partial charge in [-0.15, -0.1) is 22.9 Å². The van der Waals surface area contributed by atoms with Crippen LogP contribution in [0.4, 0.5) is 0 Å². The molecule has 0 bridgehead atoms. The number of carbonyl (C=O) groups is 1. The van der Waals surface area contributed by atoms with E-state index in [0.717, 1.165) is 50.1 Å². The number of thiophene rings is 1. The number of benzene rings is 1.